The van der Waals surface area contributed by atoms with E-state index in [9.17, 15) is 9.90 Å². The van der Waals surface area contributed by atoms with Crippen LogP contribution in [0, 0.1) is 5.92 Å². The summed E-state index contributed by atoms with van der Waals surface area (Å²) in [6.07, 6.45) is 5.88. The van der Waals surface area contributed by atoms with Gasteiger partial charge in [-0.05, 0) is 44.3 Å². The molecule has 2 aromatic rings. The SMILES string of the molecule is O=c1[nH]cccc1CN1CCC(CC(O)c2nccs2)CC1. The number of rotatable bonds is 5. The number of aliphatic hydroxyl groups excluding tert-OH is 1. The van der Waals surface area contributed by atoms with E-state index >= 15 is 0 Å². The standard InChI is InChI=1S/C16H21N3O2S/c20-14(16-18-6-9-22-16)10-12-3-7-19(8-4-12)11-13-2-1-5-17-15(13)21/h1-2,5-6,9,12,14,20H,3-4,7-8,10-11H2,(H,17,21). The summed E-state index contributed by atoms with van der Waals surface area (Å²) in [7, 11) is 0. The monoisotopic (exact) mass is 319 g/mol. The predicted octanol–water partition coefficient (Wildman–Crippen LogP) is 2.17. The molecule has 22 heavy (non-hydrogen) atoms. The Morgan fingerprint density at radius 2 is 2.27 bits per heavy atom. The second-order valence-electron chi connectivity index (χ2n) is 5.87. The van der Waals surface area contributed by atoms with E-state index in [2.05, 4.69) is 14.9 Å². The van der Waals surface area contributed by atoms with Crippen LogP contribution in [0.1, 0.15) is 35.9 Å². The molecule has 0 saturated carbocycles. The Bertz CT molecular complexity index is 633. The largest absolute Gasteiger partial charge is 0.386 e. The van der Waals surface area contributed by atoms with Gasteiger partial charge < -0.3 is 10.1 Å². The Labute approximate surface area is 133 Å². The van der Waals surface area contributed by atoms with Gasteiger partial charge in [0.25, 0.3) is 5.56 Å². The van der Waals surface area contributed by atoms with Crippen LogP contribution in [0.15, 0.2) is 34.7 Å². The van der Waals surface area contributed by atoms with Crippen molar-refractivity contribution in [2.75, 3.05) is 13.1 Å². The summed E-state index contributed by atoms with van der Waals surface area (Å²) in [5.74, 6) is 0.532. The minimum absolute atomic E-state index is 0.00353. The second-order valence-corrected chi connectivity index (χ2v) is 6.79. The van der Waals surface area contributed by atoms with Crippen molar-refractivity contribution in [1.29, 1.82) is 0 Å². The van der Waals surface area contributed by atoms with Gasteiger partial charge in [-0.2, -0.15) is 0 Å². The molecule has 0 aromatic carbocycles. The number of hydrogen-bond donors (Lipinski definition) is 2. The smallest absolute Gasteiger partial charge is 0.252 e. The zero-order valence-corrected chi connectivity index (χ0v) is 13.3. The molecule has 0 bridgehead atoms. The minimum Gasteiger partial charge on any atom is -0.386 e. The molecule has 118 valence electrons. The van der Waals surface area contributed by atoms with E-state index in [0.29, 0.717) is 12.5 Å². The number of aromatic nitrogens is 2. The van der Waals surface area contributed by atoms with Crippen LogP contribution in [0.2, 0.25) is 0 Å². The number of H-pyrrole nitrogens is 1. The van der Waals surface area contributed by atoms with Gasteiger partial charge in [0.05, 0.1) is 0 Å². The maximum Gasteiger partial charge on any atom is 0.252 e. The number of hydrogen-bond acceptors (Lipinski definition) is 5. The van der Waals surface area contributed by atoms with Gasteiger partial charge in [0, 0.05) is 29.9 Å². The van der Waals surface area contributed by atoms with Gasteiger partial charge >= 0.3 is 0 Å². The molecule has 0 radical (unpaired) electrons. The lowest BCUT2D eigenvalue weighted by Gasteiger charge is -2.32. The van der Waals surface area contributed by atoms with Gasteiger partial charge in [-0.15, -0.1) is 11.3 Å². The van der Waals surface area contributed by atoms with Crippen LogP contribution in [0.4, 0.5) is 0 Å². The molecule has 0 aliphatic carbocycles. The van der Waals surface area contributed by atoms with Gasteiger partial charge in [-0.1, -0.05) is 6.07 Å². The molecule has 2 N–H and O–H groups in total. The first-order chi connectivity index (χ1) is 10.7. The lowest BCUT2D eigenvalue weighted by molar-refractivity contribution is 0.105. The van der Waals surface area contributed by atoms with Crippen LogP contribution in [0.25, 0.3) is 0 Å². The maximum absolute atomic E-state index is 11.7. The third-order valence-electron chi connectivity index (χ3n) is 4.29. The molecular weight excluding hydrogens is 298 g/mol. The normalized spacial score (nSPS) is 18.4. The van der Waals surface area contributed by atoms with Crippen LogP contribution in [0.5, 0.6) is 0 Å². The predicted molar refractivity (Wildman–Crippen MR) is 86.8 cm³/mol. The molecule has 3 heterocycles. The summed E-state index contributed by atoms with van der Waals surface area (Å²) in [5, 5.41) is 12.9. The van der Waals surface area contributed by atoms with Gasteiger partial charge in [0.15, 0.2) is 0 Å². The van der Waals surface area contributed by atoms with Crippen LogP contribution in [-0.4, -0.2) is 33.1 Å². The van der Waals surface area contributed by atoms with Gasteiger partial charge in [0.1, 0.15) is 11.1 Å². The fourth-order valence-corrected chi connectivity index (χ4v) is 3.65. The van der Waals surface area contributed by atoms with Crippen molar-refractivity contribution in [3.8, 4) is 0 Å². The zero-order valence-electron chi connectivity index (χ0n) is 12.4. The van der Waals surface area contributed by atoms with E-state index < -0.39 is 6.10 Å². The minimum atomic E-state index is -0.437. The fraction of sp³-hybridized carbons (Fsp3) is 0.500. The van der Waals surface area contributed by atoms with Crippen LogP contribution in [-0.2, 0) is 6.54 Å². The Morgan fingerprint density at radius 1 is 1.45 bits per heavy atom. The molecule has 1 fully saturated rings. The number of aromatic amines is 1. The molecule has 0 amide bonds. The first kappa shape index (κ1) is 15.4. The van der Waals surface area contributed by atoms with Crippen molar-refractivity contribution in [3.05, 3.63) is 50.8 Å². The highest BCUT2D eigenvalue weighted by molar-refractivity contribution is 7.09. The number of likely N-dealkylation sites (tertiary alicyclic amines) is 1. The lowest BCUT2D eigenvalue weighted by atomic mass is 9.91. The highest BCUT2D eigenvalue weighted by Gasteiger charge is 2.23. The summed E-state index contributed by atoms with van der Waals surface area (Å²) in [6.45, 7) is 2.66. The Hall–Kier alpha value is -1.50. The highest BCUT2D eigenvalue weighted by atomic mass is 32.1. The molecule has 1 aliphatic heterocycles. The zero-order chi connectivity index (χ0) is 15.4. The van der Waals surface area contributed by atoms with Crippen molar-refractivity contribution < 1.29 is 5.11 Å². The fourth-order valence-electron chi connectivity index (χ4n) is 3.02. The molecule has 2 aromatic heterocycles. The van der Waals surface area contributed by atoms with Crippen molar-refractivity contribution in [2.24, 2.45) is 5.92 Å². The molecule has 1 aliphatic rings. The van der Waals surface area contributed by atoms with E-state index in [4.69, 9.17) is 0 Å². The molecule has 3 rings (SSSR count). The number of thiazole rings is 1. The summed E-state index contributed by atoms with van der Waals surface area (Å²) < 4.78 is 0. The summed E-state index contributed by atoms with van der Waals surface area (Å²) >= 11 is 1.51. The Morgan fingerprint density at radius 3 is 2.95 bits per heavy atom. The first-order valence-electron chi connectivity index (χ1n) is 7.69. The van der Waals surface area contributed by atoms with E-state index in [-0.39, 0.29) is 5.56 Å². The molecule has 6 heteroatoms. The average molecular weight is 319 g/mol. The average Bonchev–Trinajstić information content (AvgIpc) is 3.06. The summed E-state index contributed by atoms with van der Waals surface area (Å²) in [6, 6.07) is 3.75. The highest BCUT2D eigenvalue weighted by Crippen LogP contribution is 2.29. The van der Waals surface area contributed by atoms with Crippen molar-refractivity contribution in [1.82, 2.24) is 14.9 Å². The van der Waals surface area contributed by atoms with Crippen LogP contribution < -0.4 is 5.56 Å². The number of piperidine rings is 1. The van der Waals surface area contributed by atoms with Crippen molar-refractivity contribution in [2.45, 2.75) is 31.9 Å². The Balaban J connectivity index is 1.48. The lowest BCUT2D eigenvalue weighted by Crippen LogP contribution is -2.35. The quantitative estimate of drug-likeness (QED) is 0.886. The maximum atomic E-state index is 11.7. The molecular formula is C16H21N3O2S. The van der Waals surface area contributed by atoms with E-state index in [1.54, 1.807) is 12.4 Å². The van der Waals surface area contributed by atoms with Crippen LogP contribution >= 0.6 is 11.3 Å². The number of aliphatic hydroxyl groups is 1. The second kappa shape index (κ2) is 7.17. The third kappa shape index (κ3) is 3.82. The van der Waals surface area contributed by atoms with Gasteiger partial charge in [0.2, 0.25) is 0 Å². The molecule has 1 unspecified atom stereocenters. The van der Waals surface area contributed by atoms with E-state index in [1.807, 2.05) is 17.5 Å². The van der Waals surface area contributed by atoms with Gasteiger partial charge in [-0.25, -0.2) is 4.98 Å². The van der Waals surface area contributed by atoms with E-state index in [1.165, 1.54) is 11.3 Å². The van der Waals surface area contributed by atoms with Crippen molar-refractivity contribution in [3.63, 3.8) is 0 Å². The molecule has 1 atom stereocenters. The van der Waals surface area contributed by atoms with Crippen molar-refractivity contribution >= 4 is 11.3 Å². The third-order valence-corrected chi connectivity index (χ3v) is 5.17. The molecule has 1 saturated heterocycles. The first-order valence-corrected chi connectivity index (χ1v) is 8.56. The topological polar surface area (TPSA) is 69.2 Å². The van der Waals surface area contributed by atoms with E-state index in [0.717, 1.165) is 42.9 Å². The summed E-state index contributed by atoms with van der Waals surface area (Å²) in [4.78, 5) is 20.9. The van der Waals surface area contributed by atoms with Gasteiger partial charge in [-0.3, -0.25) is 9.69 Å². The Kier molecular flexibility index (Phi) is 5.02. The molecule has 0 spiro atoms. The number of pyridine rings is 1. The number of nitrogens with one attached hydrogen (secondary N) is 1. The molecule has 5 nitrogen and oxygen atoms in total. The summed E-state index contributed by atoms with van der Waals surface area (Å²) in [5.41, 5.74) is 0.826. The number of nitrogens with zero attached hydrogens (tertiary/aromatic N) is 2. The van der Waals surface area contributed by atoms with Crippen LogP contribution in [0.3, 0.4) is 0 Å².